The number of hydrogen-bond acceptors (Lipinski definition) is 5. The molecule has 0 saturated carbocycles. The number of aromatic nitrogens is 1. The predicted octanol–water partition coefficient (Wildman–Crippen LogP) is 4.05. The van der Waals surface area contributed by atoms with E-state index in [4.69, 9.17) is 10.5 Å². The fraction of sp³-hybridized carbons (Fsp3) is 0.444. The summed E-state index contributed by atoms with van der Waals surface area (Å²) in [6.45, 7) is 7.53. The molecule has 1 aromatic heterocycles. The lowest BCUT2D eigenvalue weighted by atomic mass is 10.1. The molecule has 0 fully saturated rings. The molecule has 7 heteroatoms. The van der Waals surface area contributed by atoms with E-state index < -0.39 is 0 Å². The van der Waals surface area contributed by atoms with E-state index in [1.807, 2.05) is 25.1 Å². The molecule has 2 rings (SSSR count). The van der Waals surface area contributed by atoms with E-state index in [9.17, 15) is 4.79 Å². The summed E-state index contributed by atoms with van der Waals surface area (Å²) >= 11 is 1.46. The molecule has 0 bridgehead atoms. The van der Waals surface area contributed by atoms with Crippen molar-refractivity contribution in [3.8, 4) is 5.75 Å². The fourth-order valence-corrected chi connectivity index (χ4v) is 2.88. The Morgan fingerprint density at radius 1 is 1.40 bits per heavy atom. The quantitative estimate of drug-likeness (QED) is 0.720. The van der Waals surface area contributed by atoms with Crippen molar-refractivity contribution in [2.24, 2.45) is 11.7 Å². The highest BCUT2D eigenvalue weighted by atomic mass is 35.5. The van der Waals surface area contributed by atoms with Gasteiger partial charge in [-0.2, -0.15) is 0 Å². The molecule has 25 heavy (non-hydrogen) atoms. The van der Waals surface area contributed by atoms with Gasteiger partial charge in [-0.05, 0) is 37.4 Å². The van der Waals surface area contributed by atoms with Gasteiger partial charge in [0, 0.05) is 23.6 Å². The zero-order valence-electron chi connectivity index (χ0n) is 14.9. The lowest BCUT2D eigenvalue weighted by Crippen LogP contribution is -2.13. The largest absolute Gasteiger partial charge is 0.493 e. The summed E-state index contributed by atoms with van der Waals surface area (Å²) in [5.41, 5.74) is 7.69. The molecule has 1 amide bonds. The van der Waals surface area contributed by atoms with Crippen LogP contribution in [0.4, 0.5) is 5.69 Å². The fourth-order valence-electron chi connectivity index (χ4n) is 2.09. The minimum atomic E-state index is -0.216. The number of thiazole rings is 1. The molecule has 0 spiro atoms. The van der Waals surface area contributed by atoms with Crippen LogP contribution in [0.15, 0.2) is 23.6 Å². The van der Waals surface area contributed by atoms with E-state index in [2.05, 4.69) is 24.1 Å². The van der Waals surface area contributed by atoms with Gasteiger partial charge in [0.1, 0.15) is 11.4 Å². The third-order valence-electron chi connectivity index (χ3n) is 3.54. The first kappa shape index (κ1) is 21.4. The summed E-state index contributed by atoms with van der Waals surface area (Å²) in [6, 6.07) is 5.68. The summed E-state index contributed by atoms with van der Waals surface area (Å²) in [6.07, 6.45) is 1.69. The van der Waals surface area contributed by atoms with Crippen molar-refractivity contribution in [3.63, 3.8) is 0 Å². The minimum absolute atomic E-state index is 0. The number of halogens is 1. The second-order valence-corrected chi connectivity index (χ2v) is 7.07. The lowest BCUT2D eigenvalue weighted by molar-refractivity contribution is 0.102. The van der Waals surface area contributed by atoms with E-state index in [0.29, 0.717) is 36.9 Å². The van der Waals surface area contributed by atoms with E-state index in [0.717, 1.165) is 22.7 Å². The van der Waals surface area contributed by atoms with Crippen molar-refractivity contribution in [2.75, 3.05) is 18.5 Å². The van der Waals surface area contributed by atoms with Crippen LogP contribution < -0.4 is 15.8 Å². The van der Waals surface area contributed by atoms with Crippen LogP contribution in [0.3, 0.4) is 0 Å². The Hall–Kier alpha value is -1.63. The molecule has 0 radical (unpaired) electrons. The third kappa shape index (κ3) is 6.65. The maximum atomic E-state index is 12.3. The number of amides is 1. The number of aryl methyl sites for hydroxylation is 1. The average Bonchev–Trinajstić information content (AvgIpc) is 2.99. The Labute approximate surface area is 159 Å². The molecule has 5 nitrogen and oxygen atoms in total. The first-order chi connectivity index (χ1) is 11.5. The van der Waals surface area contributed by atoms with E-state index in [1.165, 1.54) is 11.3 Å². The highest BCUT2D eigenvalue weighted by Gasteiger charge is 2.12. The SMILES string of the molecule is Cc1ccc(NC(=O)c2csc(CCN)n2)cc1OCCC(C)C.Cl. The molecule has 0 aliphatic rings. The molecule has 0 aliphatic heterocycles. The smallest absolute Gasteiger partial charge is 0.275 e. The van der Waals surface area contributed by atoms with Crippen molar-refractivity contribution < 1.29 is 9.53 Å². The highest BCUT2D eigenvalue weighted by Crippen LogP contribution is 2.24. The van der Waals surface area contributed by atoms with Crippen molar-refractivity contribution in [1.29, 1.82) is 0 Å². The van der Waals surface area contributed by atoms with Crippen LogP contribution in [0.25, 0.3) is 0 Å². The van der Waals surface area contributed by atoms with E-state index in [1.54, 1.807) is 5.38 Å². The summed E-state index contributed by atoms with van der Waals surface area (Å²) < 4.78 is 5.83. The van der Waals surface area contributed by atoms with Crippen LogP contribution in [-0.4, -0.2) is 24.0 Å². The number of nitrogens with two attached hydrogens (primary N) is 1. The van der Waals surface area contributed by atoms with Gasteiger partial charge in [0.15, 0.2) is 0 Å². The molecule has 0 atom stereocenters. The van der Waals surface area contributed by atoms with E-state index in [-0.39, 0.29) is 18.3 Å². The van der Waals surface area contributed by atoms with Gasteiger partial charge in [-0.15, -0.1) is 23.7 Å². The summed E-state index contributed by atoms with van der Waals surface area (Å²) in [7, 11) is 0. The van der Waals surface area contributed by atoms with E-state index >= 15 is 0 Å². The molecule has 0 aliphatic carbocycles. The molecule has 1 heterocycles. The number of nitrogens with one attached hydrogen (secondary N) is 1. The molecular formula is C18H26ClN3O2S. The maximum absolute atomic E-state index is 12.3. The average molecular weight is 384 g/mol. The molecule has 1 aromatic carbocycles. The number of benzene rings is 1. The van der Waals surface area contributed by atoms with Gasteiger partial charge >= 0.3 is 0 Å². The second kappa shape index (κ2) is 10.4. The normalized spacial score (nSPS) is 10.4. The van der Waals surface area contributed by atoms with Crippen LogP contribution in [-0.2, 0) is 6.42 Å². The molecule has 3 N–H and O–H groups in total. The van der Waals surface area contributed by atoms with Crippen LogP contribution in [0.5, 0.6) is 5.75 Å². The number of rotatable bonds is 8. The van der Waals surface area contributed by atoms with Gasteiger partial charge in [0.05, 0.1) is 11.6 Å². The Morgan fingerprint density at radius 2 is 2.16 bits per heavy atom. The summed E-state index contributed by atoms with van der Waals surface area (Å²) in [5, 5.41) is 5.51. The number of ether oxygens (including phenoxy) is 1. The van der Waals surface area contributed by atoms with Crippen molar-refractivity contribution in [3.05, 3.63) is 39.8 Å². The standard InChI is InChI=1S/C18H25N3O2S.ClH/c1-12(2)7-9-23-16-10-14(5-4-13(16)3)20-18(22)15-11-24-17(21-15)6-8-19;/h4-5,10-12H,6-9,19H2,1-3H3,(H,20,22);1H. The maximum Gasteiger partial charge on any atom is 0.275 e. The molecule has 2 aromatic rings. The van der Waals surface area contributed by atoms with Gasteiger partial charge < -0.3 is 15.8 Å². The summed E-state index contributed by atoms with van der Waals surface area (Å²) in [5.74, 6) is 1.18. The Bertz CT molecular complexity index is 689. The van der Waals surface area contributed by atoms with Crippen LogP contribution in [0.1, 0.15) is 41.3 Å². The van der Waals surface area contributed by atoms with Crippen LogP contribution >= 0.6 is 23.7 Å². The first-order valence-electron chi connectivity index (χ1n) is 8.19. The molecule has 0 saturated heterocycles. The minimum Gasteiger partial charge on any atom is -0.493 e. The Kier molecular flexibility index (Phi) is 8.89. The van der Waals surface area contributed by atoms with Crippen molar-refractivity contribution >= 4 is 35.3 Å². The number of hydrogen-bond donors (Lipinski definition) is 2. The number of carbonyl (C=O) groups is 1. The Balaban J connectivity index is 0.00000312. The zero-order valence-corrected chi connectivity index (χ0v) is 16.5. The highest BCUT2D eigenvalue weighted by molar-refractivity contribution is 7.09. The van der Waals surface area contributed by atoms with Crippen LogP contribution in [0.2, 0.25) is 0 Å². The van der Waals surface area contributed by atoms with Gasteiger partial charge in [0.2, 0.25) is 0 Å². The Morgan fingerprint density at radius 3 is 2.84 bits per heavy atom. The molecular weight excluding hydrogens is 358 g/mol. The van der Waals surface area contributed by atoms with Gasteiger partial charge in [-0.3, -0.25) is 4.79 Å². The zero-order chi connectivity index (χ0) is 17.5. The van der Waals surface area contributed by atoms with Gasteiger partial charge in [-0.1, -0.05) is 19.9 Å². The van der Waals surface area contributed by atoms with Gasteiger partial charge in [-0.25, -0.2) is 4.98 Å². The van der Waals surface area contributed by atoms with Gasteiger partial charge in [0.25, 0.3) is 5.91 Å². The molecule has 0 unspecified atom stereocenters. The van der Waals surface area contributed by atoms with Crippen LogP contribution in [0, 0.1) is 12.8 Å². The number of nitrogens with zero attached hydrogens (tertiary/aromatic N) is 1. The third-order valence-corrected chi connectivity index (χ3v) is 4.45. The predicted molar refractivity (Wildman–Crippen MR) is 106 cm³/mol. The monoisotopic (exact) mass is 383 g/mol. The number of carbonyl (C=O) groups excluding carboxylic acids is 1. The summed E-state index contributed by atoms with van der Waals surface area (Å²) in [4.78, 5) is 16.6. The first-order valence-corrected chi connectivity index (χ1v) is 9.07. The molecule has 138 valence electrons. The topological polar surface area (TPSA) is 77.2 Å². The van der Waals surface area contributed by atoms with Crippen molar-refractivity contribution in [2.45, 2.75) is 33.6 Å². The second-order valence-electron chi connectivity index (χ2n) is 6.13. The number of anilines is 1. The van der Waals surface area contributed by atoms with Crippen molar-refractivity contribution in [1.82, 2.24) is 4.98 Å². The lowest BCUT2D eigenvalue weighted by Gasteiger charge is -2.12.